The Balaban J connectivity index is 2.06. The molecule has 128 valence electrons. The Labute approximate surface area is 144 Å². The summed E-state index contributed by atoms with van der Waals surface area (Å²) in [5.41, 5.74) is 8.51. The standard InChI is InChI=1S/C18H17N3O4/c1-24-16-11-14(12-20-21-18(19)23)7-9-15(16)25-17(22)10-8-13-5-3-2-4-6-13/h2-12H,1H3,(H3,19,21,23). The van der Waals surface area contributed by atoms with E-state index in [4.69, 9.17) is 15.2 Å². The minimum atomic E-state index is -0.765. The zero-order valence-electron chi connectivity index (χ0n) is 13.5. The number of esters is 1. The highest BCUT2D eigenvalue weighted by Gasteiger charge is 2.08. The van der Waals surface area contributed by atoms with Gasteiger partial charge in [-0.2, -0.15) is 5.10 Å². The van der Waals surface area contributed by atoms with Gasteiger partial charge in [0, 0.05) is 6.08 Å². The van der Waals surface area contributed by atoms with Crippen molar-refractivity contribution in [3.63, 3.8) is 0 Å². The van der Waals surface area contributed by atoms with Crippen molar-refractivity contribution in [1.82, 2.24) is 5.43 Å². The Morgan fingerprint density at radius 3 is 2.52 bits per heavy atom. The maximum absolute atomic E-state index is 11.9. The molecule has 7 heteroatoms. The van der Waals surface area contributed by atoms with Gasteiger partial charge >= 0.3 is 12.0 Å². The number of hydrogen-bond acceptors (Lipinski definition) is 5. The number of benzene rings is 2. The van der Waals surface area contributed by atoms with Gasteiger partial charge in [0.1, 0.15) is 0 Å². The van der Waals surface area contributed by atoms with Crippen LogP contribution in [0.5, 0.6) is 11.5 Å². The van der Waals surface area contributed by atoms with Crippen LogP contribution in [0.1, 0.15) is 11.1 Å². The van der Waals surface area contributed by atoms with Gasteiger partial charge in [0.25, 0.3) is 0 Å². The molecular weight excluding hydrogens is 322 g/mol. The second kappa shape index (κ2) is 8.88. The number of methoxy groups -OCH3 is 1. The normalized spacial score (nSPS) is 10.8. The summed E-state index contributed by atoms with van der Waals surface area (Å²) in [4.78, 5) is 22.5. The topological polar surface area (TPSA) is 103 Å². The van der Waals surface area contributed by atoms with E-state index >= 15 is 0 Å². The Morgan fingerprint density at radius 2 is 1.84 bits per heavy atom. The second-order valence-electron chi connectivity index (χ2n) is 4.81. The number of nitrogens with zero attached hydrogens (tertiary/aromatic N) is 1. The van der Waals surface area contributed by atoms with Crippen LogP contribution in [0.3, 0.4) is 0 Å². The molecule has 0 aromatic heterocycles. The smallest absolute Gasteiger partial charge is 0.336 e. The van der Waals surface area contributed by atoms with Crippen LogP contribution in [0.2, 0.25) is 0 Å². The van der Waals surface area contributed by atoms with Crippen molar-refractivity contribution in [3.05, 3.63) is 65.7 Å². The molecule has 2 aromatic carbocycles. The van der Waals surface area contributed by atoms with Crippen molar-refractivity contribution in [2.45, 2.75) is 0 Å². The molecule has 0 atom stereocenters. The Morgan fingerprint density at radius 1 is 1.08 bits per heavy atom. The van der Waals surface area contributed by atoms with Crippen molar-refractivity contribution in [3.8, 4) is 11.5 Å². The van der Waals surface area contributed by atoms with Crippen molar-refractivity contribution in [2.24, 2.45) is 10.8 Å². The maximum Gasteiger partial charge on any atom is 0.336 e. The minimum absolute atomic E-state index is 0.269. The summed E-state index contributed by atoms with van der Waals surface area (Å²) in [6.07, 6.45) is 4.38. The van der Waals surface area contributed by atoms with Crippen LogP contribution in [-0.4, -0.2) is 25.3 Å². The van der Waals surface area contributed by atoms with E-state index < -0.39 is 12.0 Å². The van der Waals surface area contributed by atoms with E-state index in [1.54, 1.807) is 24.3 Å². The van der Waals surface area contributed by atoms with Gasteiger partial charge < -0.3 is 15.2 Å². The molecule has 0 bridgehead atoms. The number of hydrogen-bond donors (Lipinski definition) is 2. The lowest BCUT2D eigenvalue weighted by atomic mass is 10.2. The molecular formula is C18H17N3O4. The molecule has 25 heavy (non-hydrogen) atoms. The third-order valence-corrected chi connectivity index (χ3v) is 3.00. The lowest BCUT2D eigenvalue weighted by Gasteiger charge is -2.08. The van der Waals surface area contributed by atoms with Crippen LogP contribution in [0.25, 0.3) is 6.08 Å². The molecule has 0 aliphatic carbocycles. The van der Waals surface area contributed by atoms with Crippen LogP contribution < -0.4 is 20.6 Å². The van der Waals surface area contributed by atoms with Crippen LogP contribution in [0, 0.1) is 0 Å². The highest BCUT2D eigenvalue weighted by atomic mass is 16.6. The van der Waals surface area contributed by atoms with E-state index in [0.717, 1.165) is 5.56 Å². The average Bonchev–Trinajstić information content (AvgIpc) is 2.61. The van der Waals surface area contributed by atoms with Gasteiger partial charge in [0.2, 0.25) is 0 Å². The average molecular weight is 339 g/mol. The minimum Gasteiger partial charge on any atom is -0.493 e. The molecule has 2 rings (SSSR count). The van der Waals surface area contributed by atoms with Crippen molar-refractivity contribution in [1.29, 1.82) is 0 Å². The van der Waals surface area contributed by atoms with Gasteiger partial charge in [-0.3, -0.25) is 0 Å². The predicted octanol–water partition coefficient (Wildman–Crippen LogP) is 2.32. The first-order valence-corrected chi connectivity index (χ1v) is 7.30. The van der Waals surface area contributed by atoms with Gasteiger partial charge in [0.15, 0.2) is 11.5 Å². The molecule has 0 unspecified atom stereocenters. The third-order valence-electron chi connectivity index (χ3n) is 3.00. The molecule has 2 amide bonds. The largest absolute Gasteiger partial charge is 0.493 e. The van der Waals surface area contributed by atoms with Gasteiger partial charge in [-0.25, -0.2) is 15.0 Å². The molecule has 0 aliphatic heterocycles. The molecule has 0 aliphatic rings. The molecule has 0 heterocycles. The fourth-order valence-electron chi connectivity index (χ4n) is 1.89. The summed E-state index contributed by atoms with van der Waals surface area (Å²) < 4.78 is 10.5. The molecule has 0 radical (unpaired) electrons. The number of urea groups is 1. The number of ether oxygens (including phenoxy) is 2. The molecule has 0 spiro atoms. The third kappa shape index (κ3) is 5.83. The molecule has 0 saturated carbocycles. The number of hydrazone groups is 1. The van der Waals surface area contributed by atoms with E-state index in [1.165, 1.54) is 19.4 Å². The van der Waals surface area contributed by atoms with Crippen molar-refractivity contribution >= 4 is 24.3 Å². The Hall–Kier alpha value is -3.61. The van der Waals surface area contributed by atoms with Gasteiger partial charge in [-0.05, 0) is 35.4 Å². The van der Waals surface area contributed by atoms with Gasteiger partial charge in [-0.15, -0.1) is 0 Å². The molecule has 2 aromatic rings. The number of carbonyl (C=O) groups is 2. The lowest BCUT2D eigenvalue weighted by molar-refractivity contribution is -0.129. The van der Waals surface area contributed by atoms with E-state index in [9.17, 15) is 9.59 Å². The zero-order chi connectivity index (χ0) is 18.1. The first kappa shape index (κ1) is 17.7. The van der Waals surface area contributed by atoms with E-state index in [1.807, 2.05) is 30.3 Å². The lowest BCUT2D eigenvalue weighted by Crippen LogP contribution is -2.24. The van der Waals surface area contributed by atoms with Crippen LogP contribution >= 0.6 is 0 Å². The SMILES string of the molecule is COc1cc(C=NNC(N)=O)ccc1OC(=O)C=Cc1ccccc1. The van der Waals surface area contributed by atoms with Crippen molar-refractivity contribution < 1.29 is 19.1 Å². The summed E-state index contributed by atoms with van der Waals surface area (Å²) >= 11 is 0. The Kier molecular flexibility index (Phi) is 6.30. The summed E-state index contributed by atoms with van der Waals surface area (Å²) in [5, 5.41) is 3.65. The first-order valence-electron chi connectivity index (χ1n) is 7.30. The zero-order valence-corrected chi connectivity index (χ0v) is 13.5. The predicted molar refractivity (Wildman–Crippen MR) is 94.4 cm³/mol. The van der Waals surface area contributed by atoms with Crippen LogP contribution in [0.4, 0.5) is 4.79 Å². The fraction of sp³-hybridized carbons (Fsp3) is 0.0556. The number of nitrogens with two attached hydrogens (primary N) is 1. The van der Waals surface area contributed by atoms with Gasteiger partial charge in [-0.1, -0.05) is 30.3 Å². The molecule has 3 N–H and O–H groups in total. The summed E-state index contributed by atoms with van der Waals surface area (Å²) in [6, 6.07) is 13.5. The first-order chi connectivity index (χ1) is 12.1. The number of amides is 2. The quantitative estimate of drug-likeness (QED) is 0.277. The number of rotatable bonds is 6. The maximum atomic E-state index is 11.9. The molecule has 7 nitrogen and oxygen atoms in total. The van der Waals surface area contributed by atoms with Crippen molar-refractivity contribution in [2.75, 3.05) is 7.11 Å². The van der Waals surface area contributed by atoms with E-state index in [-0.39, 0.29) is 5.75 Å². The number of primary amides is 1. The number of nitrogens with one attached hydrogen (secondary N) is 1. The number of carbonyl (C=O) groups excluding carboxylic acids is 2. The molecule has 0 fully saturated rings. The van der Waals surface area contributed by atoms with Gasteiger partial charge in [0.05, 0.1) is 13.3 Å². The monoisotopic (exact) mass is 339 g/mol. The summed E-state index contributed by atoms with van der Waals surface area (Å²) in [6.45, 7) is 0. The summed E-state index contributed by atoms with van der Waals surface area (Å²) in [5.74, 6) is 0.0914. The fourth-order valence-corrected chi connectivity index (χ4v) is 1.89. The molecule has 0 saturated heterocycles. The van der Waals surface area contributed by atoms with E-state index in [0.29, 0.717) is 11.3 Å². The van der Waals surface area contributed by atoms with E-state index in [2.05, 4.69) is 10.5 Å². The highest BCUT2D eigenvalue weighted by molar-refractivity contribution is 5.89. The summed E-state index contributed by atoms with van der Waals surface area (Å²) in [7, 11) is 1.45. The van der Waals surface area contributed by atoms with Crippen LogP contribution in [-0.2, 0) is 4.79 Å². The van der Waals surface area contributed by atoms with Crippen LogP contribution in [0.15, 0.2) is 59.7 Å². The highest BCUT2D eigenvalue weighted by Crippen LogP contribution is 2.27. The Bertz CT molecular complexity index is 801. The second-order valence-corrected chi connectivity index (χ2v) is 4.81.